The quantitative estimate of drug-likeness (QED) is 0.919. The molecule has 1 aliphatic rings. The Bertz CT molecular complexity index is 875. The highest BCUT2D eigenvalue weighted by molar-refractivity contribution is 5.65. The Morgan fingerprint density at radius 1 is 1.29 bits per heavy atom. The summed E-state index contributed by atoms with van der Waals surface area (Å²) in [5, 5.41) is 13.6. The summed E-state index contributed by atoms with van der Waals surface area (Å²) in [5.41, 5.74) is 3.97. The van der Waals surface area contributed by atoms with Gasteiger partial charge in [-0.2, -0.15) is 15.0 Å². The van der Waals surface area contributed by atoms with E-state index in [1.54, 1.807) is 6.92 Å². The number of quaternary nitrogens is 1. The molecule has 0 amide bonds. The van der Waals surface area contributed by atoms with Crippen LogP contribution in [0.3, 0.4) is 0 Å². The molecule has 2 aromatic rings. The van der Waals surface area contributed by atoms with Crippen LogP contribution in [0, 0.1) is 25.2 Å². The summed E-state index contributed by atoms with van der Waals surface area (Å²) >= 11 is 0. The molecule has 5 heteroatoms. The first-order valence-corrected chi connectivity index (χ1v) is 8.16. The van der Waals surface area contributed by atoms with Crippen molar-refractivity contribution in [2.45, 2.75) is 26.9 Å². The molecule has 1 atom stereocenters. The molecule has 1 aromatic carbocycles. The lowest BCUT2D eigenvalue weighted by atomic mass is 10.00. The molecule has 0 bridgehead atoms. The van der Waals surface area contributed by atoms with Crippen LogP contribution in [0.4, 0.5) is 0 Å². The van der Waals surface area contributed by atoms with E-state index in [-0.39, 0.29) is 11.1 Å². The minimum Gasteiger partial charge on any atom is -0.313 e. The SMILES string of the molecule is Cc1nn(C[NH+]2CC=C(c3ccccc3)CC2)c(=O)c(C#N)c1C. The number of benzene rings is 1. The topological polar surface area (TPSA) is 63.1 Å². The standard InChI is InChI=1S/C19H20N4O/c1-14-15(2)21-23(19(24)18(14)12-20)13-22-10-8-17(9-11-22)16-6-4-3-5-7-16/h3-8H,9-11,13H2,1-2H3/p+1. The second-order valence-corrected chi connectivity index (χ2v) is 6.21. The van der Waals surface area contributed by atoms with Gasteiger partial charge in [-0.05, 0) is 36.6 Å². The molecule has 2 heterocycles. The van der Waals surface area contributed by atoms with E-state index in [9.17, 15) is 10.1 Å². The highest BCUT2D eigenvalue weighted by Gasteiger charge is 2.19. The molecule has 122 valence electrons. The summed E-state index contributed by atoms with van der Waals surface area (Å²) in [4.78, 5) is 13.7. The first-order valence-electron chi connectivity index (χ1n) is 8.16. The van der Waals surface area contributed by atoms with Crippen molar-refractivity contribution in [3.05, 3.63) is 69.1 Å². The van der Waals surface area contributed by atoms with Gasteiger partial charge in [0.1, 0.15) is 11.6 Å². The predicted octanol–water partition coefficient (Wildman–Crippen LogP) is 1.06. The first-order chi connectivity index (χ1) is 11.6. The van der Waals surface area contributed by atoms with E-state index in [2.05, 4.69) is 35.4 Å². The Morgan fingerprint density at radius 3 is 2.67 bits per heavy atom. The van der Waals surface area contributed by atoms with Gasteiger partial charge in [0.15, 0.2) is 6.67 Å². The summed E-state index contributed by atoms with van der Waals surface area (Å²) in [7, 11) is 0. The maximum Gasteiger partial charge on any atom is 0.289 e. The van der Waals surface area contributed by atoms with Gasteiger partial charge in [0.05, 0.1) is 18.8 Å². The van der Waals surface area contributed by atoms with Crippen molar-refractivity contribution in [1.29, 1.82) is 5.26 Å². The lowest BCUT2D eigenvalue weighted by Crippen LogP contribution is -3.12. The summed E-state index contributed by atoms with van der Waals surface area (Å²) in [6.45, 7) is 5.91. The Kier molecular flexibility index (Phi) is 4.59. The molecule has 1 aliphatic heterocycles. The van der Waals surface area contributed by atoms with Crippen LogP contribution >= 0.6 is 0 Å². The molecule has 24 heavy (non-hydrogen) atoms. The second-order valence-electron chi connectivity index (χ2n) is 6.21. The fourth-order valence-electron chi connectivity index (χ4n) is 3.06. The van der Waals surface area contributed by atoms with Crippen molar-refractivity contribution >= 4 is 5.57 Å². The van der Waals surface area contributed by atoms with Crippen molar-refractivity contribution in [3.63, 3.8) is 0 Å². The molecule has 1 unspecified atom stereocenters. The van der Waals surface area contributed by atoms with E-state index in [4.69, 9.17) is 0 Å². The van der Waals surface area contributed by atoms with Gasteiger partial charge in [0.2, 0.25) is 0 Å². The third kappa shape index (κ3) is 3.15. The minimum absolute atomic E-state index is 0.208. The molecule has 1 N–H and O–H groups in total. The molecule has 0 saturated carbocycles. The number of nitrogens with one attached hydrogen (secondary N) is 1. The molecule has 5 nitrogen and oxygen atoms in total. The fourth-order valence-corrected chi connectivity index (χ4v) is 3.06. The average molecular weight is 321 g/mol. The minimum atomic E-state index is -0.286. The van der Waals surface area contributed by atoms with Gasteiger partial charge < -0.3 is 4.90 Å². The third-order valence-electron chi connectivity index (χ3n) is 4.65. The van der Waals surface area contributed by atoms with Crippen molar-refractivity contribution in [3.8, 4) is 6.07 Å². The van der Waals surface area contributed by atoms with Gasteiger partial charge in [0, 0.05) is 6.42 Å². The monoisotopic (exact) mass is 321 g/mol. The van der Waals surface area contributed by atoms with E-state index < -0.39 is 0 Å². The fraction of sp³-hybridized carbons (Fsp3) is 0.316. The van der Waals surface area contributed by atoms with Gasteiger partial charge in [-0.1, -0.05) is 30.3 Å². The van der Waals surface area contributed by atoms with E-state index in [1.165, 1.54) is 20.7 Å². The summed E-state index contributed by atoms with van der Waals surface area (Å²) in [6.07, 6.45) is 3.22. The van der Waals surface area contributed by atoms with Gasteiger partial charge in [-0.25, -0.2) is 0 Å². The Labute approximate surface area is 141 Å². The van der Waals surface area contributed by atoms with Gasteiger partial charge in [-0.3, -0.25) is 4.79 Å². The van der Waals surface area contributed by atoms with Crippen LogP contribution < -0.4 is 10.5 Å². The van der Waals surface area contributed by atoms with E-state index in [1.807, 2.05) is 19.1 Å². The summed E-state index contributed by atoms with van der Waals surface area (Å²) < 4.78 is 1.44. The van der Waals surface area contributed by atoms with Gasteiger partial charge >= 0.3 is 0 Å². The van der Waals surface area contributed by atoms with Crippen LogP contribution in [0.15, 0.2) is 41.2 Å². The highest BCUT2D eigenvalue weighted by Crippen LogP contribution is 2.17. The molecule has 0 saturated heterocycles. The zero-order valence-corrected chi connectivity index (χ0v) is 14.0. The average Bonchev–Trinajstić information content (AvgIpc) is 2.61. The van der Waals surface area contributed by atoms with E-state index >= 15 is 0 Å². The zero-order chi connectivity index (χ0) is 17.1. The van der Waals surface area contributed by atoms with Crippen molar-refractivity contribution < 1.29 is 4.90 Å². The number of hydrogen-bond donors (Lipinski definition) is 1. The van der Waals surface area contributed by atoms with Crippen LogP contribution in [0.5, 0.6) is 0 Å². The molecule has 0 aliphatic carbocycles. The first kappa shape index (κ1) is 16.2. The van der Waals surface area contributed by atoms with E-state index in [0.29, 0.717) is 12.2 Å². The molecule has 3 rings (SSSR count). The number of nitriles is 1. The number of aromatic nitrogens is 2. The maximum absolute atomic E-state index is 12.4. The number of rotatable bonds is 3. The second kappa shape index (κ2) is 6.81. The van der Waals surface area contributed by atoms with E-state index in [0.717, 1.165) is 25.2 Å². The highest BCUT2D eigenvalue weighted by atomic mass is 16.1. The third-order valence-corrected chi connectivity index (χ3v) is 4.65. The van der Waals surface area contributed by atoms with Gasteiger partial charge in [-0.15, -0.1) is 0 Å². The molecular weight excluding hydrogens is 300 g/mol. The van der Waals surface area contributed by atoms with Crippen LogP contribution in [0.1, 0.15) is 28.8 Å². The van der Waals surface area contributed by atoms with Crippen molar-refractivity contribution in [2.24, 2.45) is 0 Å². The Balaban J connectivity index is 1.78. The lowest BCUT2D eigenvalue weighted by molar-refractivity contribution is -0.918. The lowest BCUT2D eigenvalue weighted by Gasteiger charge is -2.24. The molecule has 1 aromatic heterocycles. The smallest absolute Gasteiger partial charge is 0.289 e. The number of hydrogen-bond acceptors (Lipinski definition) is 3. The largest absolute Gasteiger partial charge is 0.313 e. The summed E-state index contributed by atoms with van der Waals surface area (Å²) in [6, 6.07) is 12.4. The van der Waals surface area contributed by atoms with Crippen LogP contribution in [-0.4, -0.2) is 22.9 Å². The summed E-state index contributed by atoms with van der Waals surface area (Å²) in [5.74, 6) is 0. The normalized spacial score (nSPS) is 17.2. The van der Waals surface area contributed by atoms with Crippen LogP contribution in [0.25, 0.3) is 5.57 Å². The van der Waals surface area contributed by atoms with Crippen LogP contribution in [-0.2, 0) is 6.67 Å². The van der Waals surface area contributed by atoms with Gasteiger partial charge in [0.25, 0.3) is 5.56 Å². The van der Waals surface area contributed by atoms with Crippen LogP contribution in [0.2, 0.25) is 0 Å². The van der Waals surface area contributed by atoms with Crippen molar-refractivity contribution in [1.82, 2.24) is 9.78 Å². The predicted molar refractivity (Wildman–Crippen MR) is 92.4 cm³/mol. The number of aryl methyl sites for hydroxylation is 1. The molecule has 0 spiro atoms. The Morgan fingerprint density at radius 2 is 2.04 bits per heavy atom. The number of nitrogens with zero attached hydrogens (tertiary/aromatic N) is 3. The maximum atomic E-state index is 12.4. The molecule has 0 radical (unpaired) electrons. The molecule has 0 fully saturated rings. The zero-order valence-electron chi connectivity index (χ0n) is 14.0. The Hall–Kier alpha value is -2.71. The van der Waals surface area contributed by atoms with Crippen molar-refractivity contribution in [2.75, 3.05) is 13.1 Å². The molecular formula is C19H21N4O+.